The van der Waals surface area contributed by atoms with Gasteiger partial charge in [-0.25, -0.2) is 4.98 Å². The SMILES string of the molecule is CC(C)(C)c1ccnc(-c2[c-]cc(F)cc2)c1.[2H]C([2H])([2H])c1cnc(-c2[c-]cc(C([2H])([2H])[2H])c3c2oc2nc(C#N)c(C([2H])([2H])[2H])cc23)cc1C([2H])([2H])C(C)(C)C.[Ir]. The number of nitriles is 1. The van der Waals surface area contributed by atoms with Crippen molar-refractivity contribution in [3.05, 3.63) is 112 Å². The Morgan fingerprint density at radius 1 is 0.936 bits per heavy atom. The molecule has 0 atom stereocenters. The van der Waals surface area contributed by atoms with Gasteiger partial charge in [-0.05, 0) is 71.1 Å². The zero-order valence-corrected chi connectivity index (χ0v) is 29.1. The summed E-state index contributed by atoms with van der Waals surface area (Å²) in [6.07, 6.45) is 0.713. The van der Waals surface area contributed by atoms with Gasteiger partial charge in [0.25, 0.3) is 0 Å². The van der Waals surface area contributed by atoms with E-state index >= 15 is 0 Å². The van der Waals surface area contributed by atoms with E-state index in [1.165, 1.54) is 29.8 Å². The third-order valence-electron chi connectivity index (χ3n) is 6.99. The quantitative estimate of drug-likeness (QED) is 0.166. The summed E-state index contributed by atoms with van der Waals surface area (Å²) in [5.74, 6) is -0.277. The Morgan fingerprint density at radius 2 is 1.70 bits per heavy atom. The van der Waals surface area contributed by atoms with Crippen LogP contribution in [0.1, 0.15) is 90.1 Å². The predicted octanol–water partition coefficient (Wildman–Crippen LogP) is 10.2. The van der Waals surface area contributed by atoms with Crippen LogP contribution in [0.5, 0.6) is 0 Å². The van der Waals surface area contributed by atoms with E-state index in [2.05, 4.69) is 47.9 Å². The largest absolute Gasteiger partial charge is 0.486 e. The molecule has 0 saturated heterocycles. The summed E-state index contributed by atoms with van der Waals surface area (Å²) in [6, 6.07) is 19.6. The van der Waals surface area contributed by atoms with E-state index in [-0.39, 0.29) is 86.9 Å². The molecule has 4 aromatic heterocycles. The van der Waals surface area contributed by atoms with Crippen LogP contribution >= 0.6 is 0 Å². The van der Waals surface area contributed by atoms with Crippen molar-refractivity contribution in [2.24, 2.45) is 5.41 Å². The van der Waals surface area contributed by atoms with Crippen LogP contribution in [-0.2, 0) is 31.9 Å². The Morgan fingerprint density at radius 3 is 2.34 bits per heavy atom. The predicted molar refractivity (Wildman–Crippen MR) is 183 cm³/mol. The first kappa shape index (κ1) is 23.1. The molecule has 0 fully saturated rings. The number of pyridine rings is 3. The molecule has 47 heavy (non-hydrogen) atoms. The molecule has 0 spiro atoms. The third kappa shape index (κ3) is 8.01. The fraction of sp³-hybridized carbons (Fsp3) is 0.300. The first-order valence-electron chi connectivity index (χ1n) is 19.9. The Labute approximate surface area is 306 Å². The fourth-order valence-electron chi connectivity index (χ4n) is 4.73. The van der Waals surface area contributed by atoms with Gasteiger partial charge in [0.2, 0.25) is 5.71 Å². The van der Waals surface area contributed by atoms with Crippen molar-refractivity contribution in [3.8, 4) is 28.6 Å². The molecule has 0 amide bonds. The number of halogens is 1. The van der Waals surface area contributed by atoms with Crippen LogP contribution in [0.3, 0.4) is 0 Å². The second-order valence-electron chi connectivity index (χ2n) is 12.8. The van der Waals surface area contributed by atoms with E-state index in [1.807, 2.05) is 12.1 Å². The van der Waals surface area contributed by atoms with Gasteiger partial charge in [-0.3, -0.25) is 4.39 Å². The molecule has 0 aliphatic rings. The van der Waals surface area contributed by atoms with E-state index in [0.29, 0.717) is 0 Å². The zero-order valence-electron chi connectivity index (χ0n) is 37.7. The standard InChI is InChI=1S/C25H24N3O.C15H15FN.Ir/c1-14-7-8-18(20-10-17(11-25(4,5)6)16(3)13-27-20)23-22(14)19-9-15(2)21(12-26)28-24(19)29-23;1-15(2,3)12-8-9-17-14(10-12)11-4-6-13(16)7-5-11;/h7,9-10,13H,11H2,1-6H3;4,6-10H,1-3H3;/q2*-1;/i1D3,2D3,3D3,11D2;;. The average molecular weight is 814 g/mol. The van der Waals surface area contributed by atoms with E-state index in [1.54, 1.807) is 39.1 Å². The van der Waals surface area contributed by atoms with Crippen molar-refractivity contribution < 1.29 is 44.0 Å². The summed E-state index contributed by atoms with van der Waals surface area (Å²) in [6.45, 7) is 3.28. The molecule has 0 N–H and O–H groups in total. The van der Waals surface area contributed by atoms with Gasteiger partial charge in [0.15, 0.2) is 0 Å². The van der Waals surface area contributed by atoms with Gasteiger partial charge in [-0.15, -0.1) is 47.5 Å². The van der Waals surface area contributed by atoms with Crippen LogP contribution < -0.4 is 0 Å². The molecule has 6 aromatic rings. The van der Waals surface area contributed by atoms with E-state index in [9.17, 15) is 9.65 Å². The molecule has 1 radical (unpaired) electrons. The van der Waals surface area contributed by atoms with Crippen LogP contribution in [0.25, 0.3) is 44.6 Å². The minimum atomic E-state index is -2.72. The molecule has 5 nitrogen and oxygen atoms in total. The van der Waals surface area contributed by atoms with Crippen molar-refractivity contribution in [1.82, 2.24) is 15.0 Å². The summed E-state index contributed by atoms with van der Waals surface area (Å²) in [4.78, 5) is 12.6. The number of benzene rings is 2. The molecule has 0 unspecified atom stereocenters. The van der Waals surface area contributed by atoms with E-state index in [0.717, 1.165) is 23.5 Å². The van der Waals surface area contributed by atoms with Crippen LogP contribution in [0, 0.1) is 55.3 Å². The number of fused-ring (bicyclic) bond motifs is 3. The van der Waals surface area contributed by atoms with Crippen LogP contribution in [0.2, 0.25) is 0 Å². The molecule has 0 aliphatic carbocycles. The van der Waals surface area contributed by atoms with Gasteiger partial charge in [-0.2, -0.15) is 5.26 Å². The van der Waals surface area contributed by atoms with Gasteiger partial charge >= 0.3 is 0 Å². The Hall–Kier alpha value is -4.24. The topological polar surface area (TPSA) is 75.6 Å². The van der Waals surface area contributed by atoms with E-state index < -0.39 is 38.0 Å². The minimum Gasteiger partial charge on any atom is -0.486 e. The summed E-state index contributed by atoms with van der Waals surface area (Å²) < 4.78 is 108. The molecule has 4 heterocycles. The van der Waals surface area contributed by atoms with Gasteiger partial charge < -0.3 is 14.4 Å². The van der Waals surface area contributed by atoms with E-state index in [4.69, 9.17) is 19.5 Å². The monoisotopic (exact) mass is 814 g/mol. The van der Waals surface area contributed by atoms with Crippen molar-refractivity contribution in [2.75, 3.05) is 0 Å². The Balaban J connectivity index is 0.000000345. The Bertz CT molecular complexity index is 2510. The number of nitrogens with zero attached hydrogens (tertiary/aromatic N) is 4. The third-order valence-corrected chi connectivity index (χ3v) is 6.99. The maximum Gasteiger partial charge on any atom is 0.217 e. The molecule has 0 aliphatic heterocycles. The summed E-state index contributed by atoms with van der Waals surface area (Å²) in [5.41, 5.74) is 0.380. The second kappa shape index (κ2) is 13.9. The minimum absolute atomic E-state index is 0. The molecule has 2 aromatic carbocycles. The van der Waals surface area contributed by atoms with Gasteiger partial charge in [0.05, 0.1) is 5.58 Å². The second-order valence-corrected chi connectivity index (χ2v) is 12.8. The summed E-state index contributed by atoms with van der Waals surface area (Å²) >= 11 is 0. The molecule has 0 bridgehead atoms. The summed E-state index contributed by atoms with van der Waals surface area (Å²) in [5, 5.41) is 9.56. The molecular weight excluding hydrogens is 764 g/mol. The average Bonchev–Trinajstić information content (AvgIpc) is 3.47. The maximum absolute atomic E-state index is 12.8. The number of hydrogen-bond donors (Lipinski definition) is 0. The molecular formula is C40H39FIrN4O-2. The molecule has 7 heteroatoms. The number of aryl methyl sites for hydroxylation is 3. The maximum atomic E-state index is 12.8. The number of rotatable bonds is 3. The van der Waals surface area contributed by atoms with Crippen molar-refractivity contribution in [3.63, 3.8) is 0 Å². The van der Waals surface area contributed by atoms with Crippen LogP contribution in [0.4, 0.5) is 4.39 Å². The Kier molecular flexibility index (Phi) is 6.82. The number of furan rings is 1. The fourth-order valence-corrected chi connectivity index (χ4v) is 4.73. The van der Waals surface area contributed by atoms with Gasteiger partial charge in [0.1, 0.15) is 11.8 Å². The first-order valence-corrected chi connectivity index (χ1v) is 14.4. The normalized spacial score (nSPS) is 16.1. The van der Waals surface area contributed by atoms with Crippen LogP contribution in [0.15, 0.2) is 65.3 Å². The van der Waals surface area contributed by atoms with Crippen molar-refractivity contribution >= 4 is 22.1 Å². The van der Waals surface area contributed by atoms with Gasteiger partial charge in [-0.1, -0.05) is 77.0 Å². The van der Waals surface area contributed by atoms with Crippen LogP contribution in [-0.4, -0.2) is 15.0 Å². The molecule has 243 valence electrons. The first-order chi connectivity index (χ1) is 26.1. The van der Waals surface area contributed by atoms with Gasteiger partial charge in [0, 0.05) is 58.8 Å². The molecule has 0 saturated carbocycles. The number of hydrogen-bond acceptors (Lipinski definition) is 5. The summed E-state index contributed by atoms with van der Waals surface area (Å²) in [7, 11) is 0. The number of aromatic nitrogens is 3. The van der Waals surface area contributed by atoms with Crippen molar-refractivity contribution in [1.29, 1.82) is 5.26 Å². The smallest absolute Gasteiger partial charge is 0.217 e. The zero-order chi connectivity index (χ0) is 42.7. The van der Waals surface area contributed by atoms with Crippen molar-refractivity contribution in [2.45, 2.75) is 73.9 Å². The molecule has 6 rings (SSSR count).